The van der Waals surface area contributed by atoms with Gasteiger partial charge in [-0.15, -0.1) is 11.3 Å². The number of aryl methyl sites for hydroxylation is 1. The maximum absolute atomic E-state index is 12.1. The Kier molecular flexibility index (Phi) is 4.10. The van der Waals surface area contributed by atoms with E-state index in [9.17, 15) is 13.2 Å². The molecule has 2 rings (SSSR count). The van der Waals surface area contributed by atoms with Crippen molar-refractivity contribution in [1.29, 1.82) is 0 Å². The van der Waals surface area contributed by atoms with Crippen molar-refractivity contribution in [2.75, 3.05) is 7.11 Å². The van der Waals surface area contributed by atoms with Crippen LogP contribution in [-0.2, 0) is 14.9 Å². The second-order valence-electron chi connectivity index (χ2n) is 3.89. The third-order valence-corrected chi connectivity index (χ3v) is 5.14. The number of ether oxygens (including phenoxy) is 1. The number of para-hydroxylation sites is 1. The van der Waals surface area contributed by atoms with Crippen molar-refractivity contribution in [2.24, 2.45) is 0 Å². The van der Waals surface area contributed by atoms with Crippen LogP contribution >= 0.6 is 11.3 Å². The van der Waals surface area contributed by atoms with Crippen molar-refractivity contribution in [3.05, 3.63) is 46.8 Å². The van der Waals surface area contributed by atoms with Gasteiger partial charge in [0.15, 0.2) is 9.96 Å². The second-order valence-corrected chi connectivity index (χ2v) is 6.95. The zero-order valence-corrected chi connectivity index (χ0v) is 12.5. The number of hydrogen-bond donors (Lipinski definition) is 0. The minimum atomic E-state index is -3.95. The van der Waals surface area contributed by atoms with Crippen molar-refractivity contribution >= 4 is 27.4 Å². The first kappa shape index (κ1) is 14.5. The lowest BCUT2D eigenvalue weighted by Crippen LogP contribution is -2.12. The van der Waals surface area contributed by atoms with Gasteiger partial charge in [-0.3, -0.25) is 0 Å². The van der Waals surface area contributed by atoms with Gasteiger partial charge in [-0.25, -0.2) is 4.79 Å². The van der Waals surface area contributed by atoms with Crippen LogP contribution in [0.15, 0.2) is 40.6 Å². The molecule has 0 saturated carbocycles. The summed E-state index contributed by atoms with van der Waals surface area (Å²) in [6.45, 7) is 1.80. The molecule has 0 fully saturated rings. The third-order valence-electron chi connectivity index (χ3n) is 2.45. The van der Waals surface area contributed by atoms with Gasteiger partial charge in [0.25, 0.3) is 0 Å². The summed E-state index contributed by atoms with van der Waals surface area (Å²) in [5.74, 6) is -0.705. The summed E-state index contributed by atoms with van der Waals surface area (Å²) in [5, 5.41) is 0. The van der Waals surface area contributed by atoms with Crippen molar-refractivity contribution in [3.8, 4) is 5.75 Å². The normalized spacial score (nSPS) is 11.1. The maximum atomic E-state index is 12.1. The summed E-state index contributed by atoms with van der Waals surface area (Å²) in [6, 6.07) is 9.18. The molecule has 0 N–H and O–H groups in total. The molecule has 0 spiro atoms. The lowest BCUT2D eigenvalue weighted by atomic mass is 10.2. The average molecular weight is 312 g/mol. The first-order chi connectivity index (χ1) is 9.44. The van der Waals surface area contributed by atoms with Crippen LogP contribution in [0.1, 0.15) is 15.2 Å². The van der Waals surface area contributed by atoms with E-state index in [1.165, 1.54) is 25.3 Å². The number of methoxy groups -OCH3 is 1. The lowest BCUT2D eigenvalue weighted by molar-refractivity contribution is 0.0599. The lowest BCUT2D eigenvalue weighted by Gasteiger charge is -2.08. The predicted molar refractivity (Wildman–Crippen MR) is 74.7 cm³/mol. The van der Waals surface area contributed by atoms with E-state index < -0.39 is 16.1 Å². The highest BCUT2D eigenvalue weighted by Crippen LogP contribution is 2.27. The zero-order valence-electron chi connectivity index (χ0n) is 10.8. The van der Waals surface area contributed by atoms with Crippen molar-refractivity contribution < 1.29 is 22.1 Å². The smallest absolute Gasteiger partial charge is 0.348 e. The summed E-state index contributed by atoms with van der Waals surface area (Å²) in [7, 11) is -2.73. The summed E-state index contributed by atoms with van der Waals surface area (Å²) in [6.07, 6.45) is 0. The molecular weight excluding hydrogens is 300 g/mol. The molecule has 0 atom stereocenters. The summed E-state index contributed by atoms with van der Waals surface area (Å²) in [4.78, 5) is 12.4. The van der Waals surface area contributed by atoms with E-state index in [4.69, 9.17) is 4.18 Å². The van der Waals surface area contributed by atoms with Crippen LogP contribution in [-0.4, -0.2) is 21.5 Å². The molecule has 0 unspecified atom stereocenters. The number of carbonyl (C=O) groups is 1. The van der Waals surface area contributed by atoms with Gasteiger partial charge >= 0.3 is 16.1 Å². The minimum Gasteiger partial charge on any atom is -0.465 e. The van der Waals surface area contributed by atoms with E-state index in [0.29, 0.717) is 0 Å². The molecule has 0 aliphatic carbocycles. The highest BCUT2D eigenvalue weighted by Gasteiger charge is 2.22. The van der Waals surface area contributed by atoms with E-state index in [2.05, 4.69) is 4.74 Å². The van der Waals surface area contributed by atoms with Crippen LogP contribution in [0, 0.1) is 6.92 Å². The Morgan fingerprint density at radius 3 is 2.45 bits per heavy atom. The molecular formula is C13H12O5S2. The molecule has 2 aromatic rings. The van der Waals surface area contributed by atoms with E-state index in [-0.39, 0.29) is 15.5 Å². The van der Waals surface area contributed by atoms with Crippen molar-refractivity contribution in [1.82, 2.24) is 0 Å². The topological polar surface area (TPSA) is 69.7 Å². The van der Waals surface area contributed by atoms with Crippen molar-refractivity contribution in [3.63, 3.8) is 0 Å². The largest absolute Gasteiger partial charge is 0.465 e. The monoisotopic (exact) mass is 312 g/mol. The molecule has 1 aromatic carbocycles. The number of thiophene rings is 1. The molecule has 0 amide bonds. The van der Waals surface area contributed by atoms with Gasteiger partial charge < -0.3 is 8.92 Å². The summed E-state index contributed by atoms with van der Waals surface area (Å²) >= 11 is 1.10. The fraction of sp³-hybridized carbons (Fsp3) is 0.154. The SMILES string of the molecule is COC(=O)c1ccccc1OS(=O)(=O)c1ccc(C)s1. The Morgan fingerprint density at radius 1 is 1.15 bits per heavy atom. The average Bonchev–Trinajstić information content (AvgIpc) is 2.86. The van der Waals surface area contributed by atoms with E-state index in [1.54, 1.807) is 25.1 Å². The minimum absolute atomic E-state index is 0.0506. The number of esters is 1. The van der Waals surface area contributed by atoms with E-state index in [1.807, 2.05) is 0 Å². The molecule has 5 nitrogen and oxygen atoms in total. The molecule has 106 valence electrons. The Morgan fingerprint density at radius 2 is 1.85 bits per heavy atom. The second kappa shape index (κ2) is 5.64. The first-order valence-electron chi connectivity index (χ1n) is 5.62. The van der Waals surface area contributed by atoms with Gasteiger partial charge in [-0.05, 0) is 31.2 Å². The van der Waals surface area contributed by atoms with Gasteiger partial charge in [0.2, 0.25) is 0 Å². The van der Waals surface area contributed by atoms with Gasteiger partial charge in [0.1, 0.15) is 5.56 Å². The Bertz CT molecular complexity index is 731. The standard InChI is InChI=1S/C13H12O5S2/c1-9-7-8-12(19-9)20(15,16)18-11-6-4-3-5-10(11)13(14)17-2/h3-8H,1-2H3. The highest BCUT2D eigenvalue weighted by atomic mass is 32.3. The number of carbonyl (C=O) groups excluding carboxylic acids is 1. The van der Waals surface area contributed by atoms with E-state index >= 15 is 0 Å². The molecule has 0 saturated heterocycles. The zero-order chi connectivity index (χ0) is 14.8. The molecule has 0 radical (unpaired) electrons. The number of rotatable bonds is 4. The van der Waals surface area contributed by atoms with Crippen LogP contribution in [0.2, 0.25) is 0 Å². The van der Waals surface area contributed by atoms with Crippen LogP contribution in [0.5, 0.6) is 5.75 Å². The summed E-state index contributed by atoms with van der Waals surface area (Å²) < 4.78 is 33.9. The Labute approximate surface area is 120 Å². The molecule has 7 heteroatoms. The van der Waals surface area contributed by atoms with Crippen LogP contribution in [0.4, 0.5) is 0 Å². The summed E-state index contributed by atoms with van der Waals surface area (Å²) in [5.41, 5.74) is 0.0619. The molecule has 20 heavy (non-hydrogen) atoms. The van der Waals surface area contributed by atoms with Crippen LogP contribution in [0.25, 0.3) is 0 Å². The fourth-order valence-corrected chi connectivity index (χ4v) is 3.72. The van der Waals surface area contributed by atoms with Gasteiger partial charge in [-0.1, -0.05) is 12.1 Å². The number of benzene rings is 1. The Balaban J connectivity index is 2.37. The molecule has 1 heterocycles. The third kappa shape index (κ3) is 3.00. The highest BCUT2D eigenvalue weighted by molar-refractivity contribution is 7.89. The van der Waals surface area contributed by atoms with Crippen LogP contribution < -0.4 is 4.18 Å². The van der Waals surface area contributed by atoms with E-state index in [0.717, 1.165) is 16.2 Å². The number of hydrogen-bond acceptors (Lipinski definition) is 6. The van der Waals surface area contributed by atoms with Gasteiger partial charge in [0, 0.05) is 4.88 Å². The maximum Gasteiger partial charge on any atom is 0.348 e. The molecule has 0 bridgehead atoms. The Hall–Kier alpha value is -1.86. The van der Waals surface area contributed by atoms with Crippen LogP contribution in [0.3, 0.4) is 0 Å². The van der Waals surface area contributed by atoms with Crippen molar-refractivity contribution in [2.45, 2.75) is 11.1 Å². The quantitative estimate of drug-likeness (QED) is 0.641. The fourth-order valence-electron chi connectivity index (χ4n) is 1.52. The molecule has 1 aromatic heterocycles. The molecule has 0 aliphatic rings. The van der Waals surface area contributed by atoms with Gasteiger partial charge in [0.05, 0.1) is 7.11 Å². The molecule has 0 aliphatic heterocycles. The van der Waals surface area contributed by atoms with Gasteiger partial charge in [-0.2, -0.15) is 8.42 Å². The first-order valence-corrected chi connectivity index (χ1v) is 7.85. The predicted octanol–water partition coefficient (Wildman–Crippen LogP) is 2.61.